The summed E-state index contributed by atoms with van der Waals surface area (Å²) < 4.78 is 25.6. The van der Waals surface area contributed by atoms with Crippen molar-refractivity contribution in [1.29, 1.82) is 0 Å². The number of ether oxygens (including phenoxy) is 2. The molecule has 0 radical (unpaired) electrons. The number of hydrogen-bond acceptors (Lipinski definition) is 3. The summed E-state index contributed by atoms with van der Waals surface area (Å²) >= 11 is 0. The van der Waals surface area contributed by atoms with Crippen LogP contribution in [0.3, 0.4) is 0 Å². The van der Waals surface area contributed by atoms with E-state index in [-0.39, 0.29) is 11.7 Å². The monoisotopic (exact) mass is 294 g/mol. The number of rotatable bonds is 4. The highest BCUT2D eigenvalue weighted by Crippen LogP contribution is 2.43. The summed E-state index contributed by atoms with van der Waals surface area (Å²) in [6.45, 7) is 2.02. The smallest absolute Gasteiger partial charge is 0.132 e. The van der Waals surface area contributed by atoms with Gasteiger partial charge in [0.05, 0.1) is 17.8 Å². The van der Waals surface area contributed by atoms with Crippen LogP contribution >= 0.6 is 0 Å². The van der Waals surface area contributed by atoms with Crippen molar-refractivity contribution in [2.75, 3.05) is 6.61 Å². The molecule has 0 bridgehead atoms. The highest BCUT2D eigenvalue weighted by molar-refractivity contribution is 5.30. The molecule has 1 heterocycles. The van der Waals surface area contributed by atoms with Gasteiger partial charge in [-0.2, -0.15) is 0 Å². The molecule has 2 fully saturated rings. The van der Waals surface area contributed by atoms with E-state index in [2.05, 4.69) is 0 Å². The second-order valence-electron chi connectivity index (χ2n) is 6.34. The normalized spacial score (nSPS) is 25.4. The van der Waals surface area contributed by atoms with Crippen molar-refractivity contribution in [2.45, 2.75) is 63.3 Å². The average Bonchev–Trinajstić information content (AvgIpc) is 3.07. The van der Waals surface area contributed by atoms with Crippen LogP contribution in [0.5, 0.6) is 5.75 Å². The summed E-state index contributed by atoms with van der Waals surface area (Å²) in [5.74, 6) is 0.0648. The van der Waals surface area contributed by atoms with Crippen molar-refractivity contribution in [3.8, 4) is 5.75 Å². The van der Waals surface area contributed by atoms with Crippen LogP contribution < -0.4 is 4.74 Å². The minimum absolute atomic E-state index is 0.107. The standard InChI is InChI=1S/C17H23FO3/c1-12(19)15-5-4-13(10-16(15)18)20-11-14-6-9-17(21-14)7-2-3-8-17/h4-5,10,12,14,19H,2-3,6-9,11H2,1H3. The first-order valence-electron chi connectivity index (χ1n) is 7.86. The van der Waals surface area contributed by atoms with Crippen LogP contribution in [-0.4, -0.2) is 23.4 Å². The summed E-state index contributed by atoms with van der Waals surface area (Å²) in [5.41, 5.74) is 0.402. The first kappa shape index (κ1) is 14.8. The molecule has 1 aliphatic carbocycles. The molecule has 21 heavy (non-hydrogen) atoms. The Morgan fingerprint density at radius 3 is 2.81 bits per heavy atom. The fraction of sp³-hybridized carbons (Fsp3) is 0.647. The van der Waals surface area contributed by atoms with E-state index < -0.39 is 11.9 Å². The third kappa shape index (κ3) is 3.22. The molecule has 1 aliphatic heterocycles. The maximum absolute atomic E-state index is 13.8. The Morgan fingerprint density at radius 2 is 2.14 bits per heavy atom. The number of aliphatic hydroxyl groups is 1. The van der Waals surface area contributed by atoms with E-state index in [9.17, 15) is 9.50 Å². The molecule has 2 atom stereocenters. The molecular weight excluding hydrogens is 271 g/mol. The zero-order chi connectivity index (χ0) is 14.9. The molecule has 1 saturated heterocycles. The van der Waals surface area contributed by atoms with Gasteiger partial charge < -0.3 is 14.6 Å². The van der Waals surface area contributed by atoms with Gasteiger partial charge in [0.15, 0.2) is 0 Å². The van der Waals surface area contributed by atoms with Gasteiger partial charge in [-0.15, -0.1) is 0 Å². The maximum atomic E-state index is 13.8. The molecule has 2 unspecified atom stereocenters. The van der Waals surface area contributed by atoms with Gasteiger partial charge in [-0.25, -0.2) is 4.39 Å². The molecule has 1 N–H and O–H groups in total. The first-order valence-corrected chi connectivity index (χ1v) is 7.86. The van der Waals surface area contributed by atoms with Crippen LogP contribution in [0.1, 0.15) is 57.1 Å². The molecule has 2 aliphatic rings. The predicted octanol–water partition coefficient (Wildman–Crippen LogP) is 3.75. The average molecular weight is 294 g/mol. The van der Waals surface area contributed by atoms with Crippen molar-refractivity contribution < 1.29 is 19.0 Å². The molecule has 0 amide bonds. The zero-order valence-electron chi connectivity index (χ0n) is 12.5. The molecule has 116 valence electrons. The second kappa shape index (κ2) is 5.93. The summed E-state index contributed by atoms with van der Waals surface area (Å²) in [4.78, 5) is 0. The number of hydrogen-bond donors (Lipinski definition) is 1. The Balaban J connectivity index is 1.55. The minimum atomic E-state index is -0.806. The van der Waals surface area contributed by atoms with E-state index in [1.54, 1.807) is 19.1 Å². The van der Waals surface area contributed by atoms with Crippen LogP contribution in [0.4, 0.5) is 4.39 Å². The van der Waals surface area contributed by atoms with Crippen LogP contribution in [0.15, 0.2) is 18.2 Å². The number of aliphatic hydroxyl groups excluding tert-OH is 1. The van der Waals surface area contributed by atoms with Crippen molar-refractivity contribution in [3.63, 3.8) is 0 Å². The Kier molecular flexibility index (Phi) is 4.18. The van der Waals surface area contributed by atoms with Crippen LogP contribution in [0.2, 0.25) is 0 Å². The van der Waals surface area contributed by atoms with E-state index in [0.717, 1.165) is 12.8 Å². The van der Waals surface area contributed by atoms with Crippen molar-refractivity contribution in [1.82, 2.24) is 0 Å². The summed E-state index contributed by atoms with van der Waals surface area (Å²) in [7, 11) is 0. The highest BCUT2D eigenvalue weighted by Gasteiger charge is 2.42. The van der Waals surface area contributed by atoms with Gasteiger partial charge in [0.2, 0.25) is 0 Å². The number of halogens is 1. The fourth-order valence-corrected chi connectivity index (χ4v) is 3.53. The van der Waals surface area contributed by atoms with E-state index in [1.807, 2.05) is 0 Å². The molecule has 1 aromatic rings. The summed E-state index contributed by atoms with van der Waals surface area (Å²) in [6.07, 6.45) is 6.31. The minimum Gasteiger partial charge on any atom is -0.491 e. The lowest BCUT2D eigenvalue weighted by Gasteiger charge is -2.23. The van der Waals surface area contributed by atoms with Crippen molar-refractivity contribution in [2.24, 2.45) is 0 Å². The zero-order valence-corrected chi connectivity index (χ0v) is 12.5. The molecule has 3 rings (SSSR count). The Hall–Kier alpha value is -1.13. The van der Waals surface area contributed by atoms with Crippen LogP contribution in [0, 0.1) is 5.82 Å². The lowest BCUT2D eigenvalue weighted by molar-refractivity contribution is -0.0509. The third-order valence-electron chi connectivity index (χ3n) is 4.71. The molecular formula is C17H23FO3. The van der Waals surface area contributed by atoms with Gasteiger partial charge >= 0.3 is 0 Å². The molecule has 3 nitrogen and oxygen atoms in total. The Morgan fingerprint density at radius 1 is 1.38 bits per heavy atom. The largest absolute Gasteiger partial charge is 0.491 e. The SMILES string of the molecule is CC(O)c1ccc(OCC2CCC3(CCCC3)O2)cc1F. The molecule has 4 heteroatoms. The van der Waals surface area contributed by atoms with Gasteiger partial charge in [-0.3, -0.25) is 0 Å². The van der Waals surface area contributed by atoms with Gasteiger partial charge in [0.1, 0.15) is 18.2 Å². The lowest BCUT2D eigenvalue weighted by atomic mass is 9.98. The Bertz CT molecular complexity index is 495. The maximum Gasteiger partial charge on any atom is 0.132 e. The van der Waals surface area contributed by atoms with Crippen LogP contribution in [0.25, 0.3) is 0 Å². The van der Waals surface area contributed by atoms with Crippen molar-refractivity contribution in [3.05, 3.63) is 29.6 Å². The number of benzene rings is 1. The lowest BCUT2D eigenvalue weighted by Crippen LogP contribution is -2.27. The Labute approximate surface area is 125 Å². The summed E-state index contributed by atoms with van der Waals surface area (Å²) in [5, 5.41) is 9.41. The van der Waals surface area contributed by atoms with Gasteiger partial charge in [0, 0.05) is 11.6 Å². The molecule has 1 saturated carbocycles. The van der Waals surface area contributed by atoms with Gasteiger partial charge in [0.25, 0.3) is 0 Å². The van der Waals surface area contributed by atoms with Crippen LogP contribution in [-0.2, 0) is 4.74 Å². The third-order valence-corrected chi connectivity index (χ3v) is 4.71. The first-order chi connectivity index (χ1) is 10.1. The van der Waals surface area contributed by atoms with E-state index in [4.69, 9.17) is 9.47 Å². The van der Waals surface area contributed by atoms with Crippen molar-refractivity contribution >= 4 is 0 Å². The van der Waals surface area contributed by atoms with Gasteiger partial charge in [-0.05, 0) is 44.7 Å². The molecule has 0 aromatic heterocycles. The van der Waals surface area contributed by atoms with E-state index >= 15 is 0 Å². The predicted molar refractivity (Wildman–Crippen MR) is 77.8 cm³/mol. The van der Waals surface area contributed by atoms with E-state index in [1.165, 1.54) is 31.7 Å². The highest BCUT2D eigenvalue weighted by atomic mass is 19.1. The fourth-order valence-electron chi connectivity index (χ4n) is 3.53. The molecule has 1 spiro atoms. The molecule has 1 aromatic carbocycles. The van der Waals surface area contributed by atoms with Gasteiger partial charge in [-0.1, -0.05) is 12.8 Å². The summed E-state index contributed by atoms with van der Waals surface area (Å²) in [6, 6.07) is 4.61. The second-order valence-corrected chi connectivity index (χ2v) is 6.34. The quantitative estimate of drug-likeness (QED) is 0.919. The topological polar surface area (TPSA) is 38.7 Å². The van der Waals surface area contributed by atoms with E-state index in [0.29, 0.717) is 17.9 Å².